The first-order valence-electron chi connectivity index (χ1n) is 8.54. The highest BCUT2D eigenvalue weighted by atomic mass is 35.5. The molecule has 0 fully saturated rings. The number of halogens is 1. The van der Waals surface area contributed by atoms with Crippen molar-refractivity contribution >= 4 is 34.8 Å². The third-order valence-electron chi connectivity index (χ3n) is 4.37. The molecule has 2 aromatic carbocycles. The third kappa shape index (κ3) is 4.23. The second-order valence-electron chi connectivity index (χ2n) is 6.24. The van der Waals surface area contributed by atoms with E-state index in [4.69, 9.17) is 16.3 Å². The molecule has 2 amide bonds. The summed E-state index contributed by atoms with van der Waals surface area (Å²) in [7, 11) is 1.51. The van der Waals surface area contributed by atoms with Crippen LogP contribution in [0.2, 0.25) is 5.02 Å². The van der Waals surface area contributed by atoms with E-state index in [1.807, 2.05) is 36.4 Å². The van der Waals surface area contributed by atoms with Gasteiger partial charge in [0.1, 0.15) is 6.61 Å². The standard InChI is InChI=1S/C20H21ClN2O3/c1-26-13-20(25)23-10-4-6-14-8-9-16(12-18(14)23)22-19(24)11-15-5-2-3-7-17(15)21/h2-3,5,7-9,12H,4,6,10-11,13H2,1H3,(H,22,24). The van der Waals surface area contributed by atoms with Gasteiger partial charge in [0.05, 0.1) is 6.42 Å². The summed E-state index contributed by atoms with van der Waals surface area (Å²) in [5, 5.41) is 3.47. The maximum absolute atomic E-state index is 12.3. The van der Waals surface area contributed by atoms with Gasteiger partial charge in [0.25, 0.3) is 5.91 Å². The van der Waals surface area contributed by atoms with Gasteiger partial charge in [0.15, 0.2) is 0 Å². The fraction of sp³-hybridized carbons (Fsp3) is 0.300. The molecular weight excluding hydrogens is 352 g/mol. The second kappa shape index (κ2) is 8.34. The van der Waals surface area contributed by atoms with Gasteiger partial charge in [-0.15, -0.1) is 0 Å². The van der Waals surface area contributed by atoms with E-state index in [1.165, 1.54) is 7.11 Å². The summed E-state index contributed by atoms with van der Waals surface area (Å²) in [5.74, 6) is -0.225. The van der Waals surface area contributed by atoms with Crippen LogP contribution in [0.25, 0.3) is 0 Å². The molecule has 0 bridgehead atoms. The number of anilines is 2. The number of benzene rings is 2. The Bertz CT molecular complexity index is 822. The lowest BCUT2D eigenvalue weighted by molar-refractivity contribution is -0.122. The van der Waals surface area contributed by atoms with Gasteiger partial charge in [-0.25, -0.2) is 0 Å². The average molecular weight is 373 g/mol. The van der Waals surface area contributed by atoms with Gasteiger partial charge in [-0.05, 0) is 42.2 Å². The monoisotopic (exact) mass is 372 g/mol. The lowest BCUT2D eigenvalue weighted by atomic mass is 10.0. The van der Waals surface area contributed by atoms with E-state index in [1.54, 1.807) is 11.0 Å². The highest BCUT2D eigenvalue weighted by Crippen LogP contribution is 2.30. The molecule has 1 heterocycles. The van der Waals surface area contributed by atoms with Gasteiger partial charge in [-0.3, -0.25) is 9.59 Å². The predicted molar refractivity (Wildman–Crippen MR) is 103 cm³/mol. The summed E-state index contributed by atoms with van der Waals surface area (Å²) in [6, 6.07) is 13.0. The molecule has 1 aliphatic rings. The summed E-state index contributed by atoms with van der Waals surface area (Å²) in [6.07, 6.45) is 2.03. The van der Waals surface area contributed by atoms with Gasteiger partial charge >= 0.3 is 0 Å². The van der Waals surface area contributed by atoms with Crippen LogP contribution in [0.4, 0.5) is 11.4 Å². The normalized spacial score (nSPS) is 13.2. The Balaban J connectivity index is 1.75. The molecule has 6 heteroatoms. The minimum atomic E-state index is -0.149. The van der Waals surface area contributed by atoms with Gasteiger partial charge in [0, 0.05) is 30.1 Å². The molecule has 0 saturated carbocycles. The van der Waals surface area contributed by atoms with Crippen LogP contribution in [-0.2, 0) is 27.2 Å². The van der Waals surface area contributed by atoms with Crippen LogP contribution in [0, 0.1) is 0 Å². The molecule has 3 rings (SSSR count). The number of ether oxygens (including phenoxy) is 1. The Kier molecular flexibility index (Phi) is 5.91. The van der Waals surface area contributed by atoms with E-state index in [0.29, 0.717) is 17.3 Å². The van der Waals surface area contributed by atoms with Gasteiger partial charge in [0.2, 0.25) is 5.91 Å². The number of hydrogen-bond donors (Lipinski definition) is 1. The molecule has 0 aromatic heterocycles. The smallest absolute Gasteiger partial charge is 0.252 e. The Morgan fingerprint density at radius 1 is 1.23 bits per heavy atom. The van der Waals surface area contributed by atoms with E-state index >= 15 is 0 Å². The van der Waals surface area contributed by atoms with Crippen LogP contribution in [0.1, 0.15) is 17.5 Å². The van der Waals surface area contributed by atoms with Crippen LogP contribution < -0.4 is 10.2 Å². The highest BCUT2D eigenvalue weighted by molar-refractivity contribution is 6.31. The highest BCUT2D eigenvalue weighted by Gasteiger charge is 2.23. The van der Waals surface area contributed by atoms with Gasteiger partial charge in [-0.2, -0.15) is 0 Å². The molecular formula is C20H21ClN2O3. The minimum Gasteiger partial charge on any atom is -0.375 e. The molecule has 0 atom stereocenters. The molecule has 0 aliphatic carbocycles. The van der Waals surface area contributed by atoms with Crippen LogP contribution >= 0.6 is 11.6 Å². The van der Waals surface area contributed by atoms with Gasteiger partial charge in [-0.1, -0.05) is 35.9 Å². The fourth-order valence-electron chi connectivity index (χ4n) is 3.13. The van der Waals surface area contributed by atoms with Gasteiger partial charge < -0.3 is 15.0 Å². The van der Waals surface area contributed by atoms with E-state index in [0.717, 1.165) is 29.7 Å². The Hall–Kier alpha value is -2.37. The lowest BCUT2D eigenvalue weighted by Gasteiger charge is -2.30. The van der Waals surface area contributed by atoms with Crippen LogP contribution in [0.5, 0.6) is 0 Å². The molecule has 2 aromatic rings. The number of nitrogens with one attached hydrogen (secondary N) is 1. The second-order valence-corrected chi connectivity index (χ2v) is 6.65. The number of carbonyl (C=O) groups is 2. The molecule has 1 N–H and O–H groups in total. The minimum absolute atomic E-state index is 0.0442. The molecule has 0 spiro atoms. The first kappa shape index (κ1) is 18.4. The zero-order valence-corrected chi connectivity index (χ0v) is 15.4. The number of hydrogen-bond acceptors (Lipinski definition) is 3. The number of carbonyl (C=O) groups excluding carboxylic acids is 2. The largest absolute Gasteiger partial charge is 0.375 e. The fourth-order valence-corrected chi connectivity index (χ4v) is 3.34. The SMILES string of the molecule is COCC(=O)N1CCCc2ccc(NC(=O)Cc3ccccc3Cl)cc21. The number of nitrogens with zero attached hydrogens (tertiary/aromatic N) is 1. The van der Waals surface area contributed by atoms with Crippen molar-refractivity contribution in [1.29, 1.82) is 0 Å². The number of rotatable bonds is 5. The molecule has 1 aliphatic heterocycles. The van der Waals surface area contributed by atoms with Crippen molar-refractivity contribution < 1.29 is 14.3 Å². The molecule has 0 saturated heterocycles. The van der Waals surface area contributed by atoms with E-state index in [2.05, 4.69) is 5.32 Å². The van der Waals surface area contributed by atoms with Crippen LogP contribution in [0.15, 0.2) is 42.5 Å². The first-order chi connectivity index (χ1) is 12.6. The summed E-state index contributed by atoms with van der Waals surface area (Å²) >= 11 is 6.11. The zero-order chi connectivity index (χ0) is 18.5. The maximum atomic E-state index is 12.3. The first-order valence-corrected chi connectivity index (χ1v) is 8.92. The summed E-state index contributed by atoms with van der Waals surface area (Å²) in [5.41, 5.74) is 3.39. The van der Waals surface area contributed by atoms with E-state index in [-0.39, 0.29) is 24.8 Å². The Labute approximate surface area is 157 Å². The van der Waals surface area contributed by atoms with Crippen LogP contribution in [-0.4, -0.2) is 32.1 Å². The number of aryl methyl sites for hydroxylation is 1. The summed E-state index contributed by atoms with van der Waals surface area (Å²) < 4.78 is 4.97. The maximum Gasteiger partial charge on any atom is 0.252 e. The lowest BCUT2D eigenvalue weighted by Crippen LogP contribution is -2.37. The quantitative estimate of drug-likeness (QED) is 0.874. The van der Waals surface area contributed by atoms with Crippen molar-refractivity contribution in [3.05, 3.63) is 58.6 Å². The van der Waals surface area contributed by atoms with Crippen LogP contribution in [0.3, 0.4) is 0 Å². The number of amides is 2. The molecule has 136 valence electrons. The molecule has 0 unspecified atom stereocenters. The molecule has 5 nitrogen and oxygen atoms in total. The third-order valence-corrected chi connectivity index (χ3v) is 4.73. The Morgan fingerprint density at radius 2 is 2.04 bits per heavy atom. The van der Waals surface area contributed by atoms with Crippen molar-refractivity contribution in [2.45, 2.75) is 19.3 Å². The Morgan fingerprint density at radius 3 is 2.81 bits per heavy atom. The van der Waals surface area contributed by atoms with Crippen molar-refractivity contribution in [3.8, 4) is 0 Å². The topological polar surface area (TPSA) is 58.6 Å². The molecule has 0 radical (unpaired) electrons. The van der Waals surface area contributed by atoms with Crippen molar-refractivity contribution in [3.63, 3.8) is 0 Å². The van der Waals surface area contributed by atoms with E-state index in [9.17, 15) is 9.59 Å². The van der Waals surface area contributed by atoms with Crippen molar-refractivity contribution in [2.24, 2.45) is 0 Å². The van der Waals surface area contributed by atoms with Crippen molar-refractivity contribution in [1.82, 2.24) is 0 Å². The number of methoxy groups -OCH3 is 1. The number of fused-ring (bicyclic) bond motifs is 1. The summed E-state index contributed by atoms with van der Waals surface area (Å²) in [4.78, 5) is 26.3. The van der Waals surface area contributed by atoms with E-state index < -0.39 is 0 Å². The zero-order valence-electron chi connectivity index (χ0n) is 14.6. The molecule has 26 heavy (non-hydrogen) atoms. The van der Waals surface area contributed by atoms with Crippen molar-refractivity contribution in [2.75, 3.05) is 30.5 Å². The average Bonchev–Trinajstić information content (AvgIpc) is 2.63. The summed E-state index contributed by atoms with van der Waals surface area (Å²) in [6.45, 7) is 0.703. The predicted octanol–water partition coefficient (Wildman–Crippen LogP) is 3.45.